The van der Waals surface area contributed by atoms with Crippen molar-refractivity contribution in [3.8, 4) is 0 Å². The number of nitrogens with zero attached hydrogens (tertiary/aromatic N) is 2. The van der Waals surface area contributed by atoms with E-state index in [4.69, 9.17) is 0 Å². The lowest BCUT2D eigenvalue weighted by molar-refractivity contribution is 0.814. The summed E-state index contributed by atoms with van der Waals surface area (Å²) in [6, 6.07) is 8.08. The highest BCUT2D eigenvalue weighted by Gasteiger charge is 2.13. The predicted octanol–water partition coefficient (Wildman–Crippen LogP) is 3.39. The maximum atomic E-state index is 4.61. The third-order valence-electron chi connectivity index (χ3n) is 3.11. The molecule has 2 aromatic rings. The second kappa shape index (κ2) is 4.64. The minimum absolute atomic E-state index is 0.915. The molecular weight excluding hydrogens is 224 g/mol. The number of aromatic nitrogens is 1. The van der Waals surface area contributed by atoms with Crippen LogP contribution < -0.4 is 10.9 Å². The first-order valence-corrected chi connectivity index (χ1v) is 6.36. The van der Waals surface area contributed by atoms with Gasteiger partial charge in [-0.2, -0.15) is 0 Å². The molecule has 1 aliphatic rings. The van der Waals surface area contributed by atoms with Crippen LogP contribution in [0.2, 0.25) is 0 Å². The van der Waals surface area contributed by atoms with Crippen LogP contribution in [0.1, 0.15) is 26.2 Å². The van der Waals surface area contributed by atoms with Crippen molar-refractivity contribution in [1.29, 1.82) is 0 Å². The zero-order valence-corrected chi connectivity index (χ0v) is 10.4. The highest BCUT2D eigenvalue weighted by molar-refractivity contribution is 6.01. The van der Waals surface area contributed by atoms with E-state index in [1.165, 1.54) is 6.42 Å². The Kier molecular flexibility index (Phi) is 2.84. The number of benzene rings is 1. The van der Waals surface area contributed by atoms with Crippen molar-refractivity contribution in [2.24, 2.45) is 4.99 Å². The fraction of sp³-hybridized carbons (Fsp3) is 0.286. The molecule has 0 fully saturated rings. The summed E-state index contributed by atoms with van der Waals surface area (Å²) in [6.07, 6.45) is 5.11. The lowest BCUT2D eigenvalue weighted by Gasteiger charge is -2.20. The first kappa shape index (κ1) is 11.0. The van der Waals surface area contributed by atoms with Gasteiger partial charge < -0.3 is 0 Å². The highest BCUT2D eigenvalue weighted by atomic mass is 15.4. The van der Waals surface area contributed by atoms with Crippen LogP contribution in [-0.2, 0) is 0 Å². The maximum absolute atomic E-state index is 4.61. The van der Waals surface area contributed by atoms with E-state index >= 15 is 0 Å². The Hall–Kier alpha value is -2.10. The van der Waals surface area contributed by atoms with E-state index < -0.39 is 0 Å². The van der Waals surface area contributed by atoms with Gasteiger partial charge in [0.25, 0.3) is 0 Å². The molecule has 0 unspecified atom stereocenters. The summed E-state index contributed by atoms with van der Waals surface area (Å²) in [5, 5.41) is 1.10. The van der Waals surface area contributed by atoms with Crippen LogP contribution in [0.3, 0.4) is 0 Å². The molecule has 0 radical (unpaired) electrons. The van der Waals surface area contributed by atoms with Gasteiger partial charge in [0, 0.05) is 11.8 Å². The van der Waals surface area contributed by atoms with Crippen molar-refractivity contribution in [2.45, 2.75) is 26.2 Å². The summed E-state index contributed by atoms with van der Waals surface area (Å²) in [4.78, 5) is 9.05. The second-order valence-corrected chi connectivity index (χ2v) is 4.45. The van der Waals surface area contributed by atoms with Gasteiger partial charge in [0.05, 0.1) is 17.4 Å². The summed E-state index contributed by atoms with van der Waals surface area (Å²) in [5.41, 5.74) is 9.33. The van der Waals surface area contributed by atoms with Crippen LogP contribution in [0, 0.1) is 0 Å². The minimum atomic E-state index is 0.915. The average Bonchev–Trinajstić information content (AvgIpc) is 2.44. The summed E-state index contributed by atoms with van der Waals surface area (Å²) in [5.74, 6) is 0.987. The van der Waals surface area contributed by atoms with E-state index in [2.05, 4.69) is 33.8 Å². The van der Waals surface area contributed by atoms with Gasteiger partial charge in [-0.25, -0.2) is 4.99 Å². The molecule has 0 atom stereocenters. The van der Waals surface area contributed by atoms with Crippen LogP contribution in [0.4, 0.5) is 11.4 Å². The molecule has 0 saturated heterocycles. The van der Waals surface area contributed by atoms with Crippen LogP contribution in [0.5, 0.6) is 0 Å². The van der Waals surface area contributed by atoms with Crippen molar-refractivity contribution in [2.75, 3.05) is 5.43 Å². The molecule has 2 heterocycles. The lowest BCUT2D eigenvalue weighted by Crippen LogP contribution is -2.32. The van der Waals surface area contributed by atoms with Crippen LogP contribution in [0.25, 0.3) is 10.9 Å². The number of anilines is 1. The zero-order chi connectivity index (χ0) is 12.4. The number of para-hydroxylation sites is 1. The van der Waals surface area contributed by atoms with Crippen molar-refractivity contribution in [3.05, 3.63) is 30.5 Å². The molecular formula is C14H16N4. The zero-order valence-electron chi connectivity index (χ0n) is 10.4. The first-order valence-electron chi connectivity index (χ1n) is 6.36. The molecule has 1 aliphatic heterocycles. The second-order valence-electron chi connectivity index (χ2n) is 4.45. The van der Waals surface area contributed by atoms with Gasteiger partial charge in [0.1, 0.15) is 11.5 Å². The monoisotopic (exact) mass is 240 g/mol. The molecule has 0 amide bonds. The number of hydrogen-bond donors (Lipinski definition) is 2. The summed E-state index contributed by atoms with van der Waals surface area (Å²) in [6.45, 7) is 2.18. The van der Waals surface area contributed by atoms with Crippen LogP contribution in [-0.4, -0.2) is 10.8 Å². The largest absolute Gasteiger partial charge is 0.297 e. The van der Waals surface area contributed by atoms with E-state index in [-0.39, 0.29) is 0 Å². The van der Waals surface area contributed by atoms with E-state index in [0.29, 0.717) is 0 Å². The molecule has 92 valence electrons. The third-order valence-corrected chi connectivity index (χ3v) is 3.11. The van der Waals surface area contributed by atoms with Gasteiger partial charge in [-0.3, -0.25) is 15.8 Å². The predicted molar refractivity (Wildman–Crippen MR) is 75.1 cm³/mol. The Bertz CT molecular complexity index is 604. The van der Waals surface area contributed by atoms with Gasteiger partial charge in [-0.1, -0.05) is 31.5 Å². The van der Waals surface area contributed by atoms with Gasteiger partial charge in [-0.05, 0) is 12.5 Å². The van der Waals surface area contributed by atoms with Crippen LogP contribution in [0.15, 0.2) is 35.5 Å². The molecule has 0 aliphatic carbocycles. The summed E-state index contributed by atoms with van der Waals surface area (Å²) < 4.78 is 0. The van der Waals surface area contributed by atoms with E-state index in [1.54, 1.807) is 0 Å². The van der Waals surface area contributed by atoms with Crippen molar-refractivity contribution >= 4 is 28.1 Å². The number of hydrogen-bond acceptors (Lipinski definition) is 4. The first-order chi connectivity index (χ1) is 8.88. The van der Waals surface area contributed by atoms with Gasteiger partial charge >= 0.3 is 0 Å². The molecule has 3 rings (SSSR count). The van der Waals surface area contributed by atoms with Gasteiger partial charge in [0.15, 0.2) is 0 Å². The van der Waals surface area contributed by atoms with Crippen molar-refractivity contribution < 1.29 is 0 Å². The van der Waals surface area contributed by atoms with E-state index in [0.717, 1.165) is 41.0 Å². The highest BCUT2D eigenvalue weighted by Crippen LogP contribution is 2.33. The third kappa shape index (κ3) is 1.90. The molecule has 4 nitrogen and oxygen atoms in total. The maximum Gasteiger partial charge on any atom is 0.121 e. The molecule has 0 bridgehead atoms. The van der Waals surface area contributed by atoms with Gasteiger partial charge in [0.2, 0.25) is 0 Å². The average molecular weight is 240 g/mol. The lowest BCUT2D eigenvalue weighted by atomic mass is 10.1. The Morgan fingerprint density at radius 2 is 2.06 bits per heavy atom. The number of amidine groups is 1. The van der Waals surface area contributed by atoms with Gasteiger partial charge in [-0.15, -0.1) is 0 Å². The normalized spacial score (nSPS) is 13.5. The molecule has 4 heteroatoms. The summed E-state index contributed by atoms with van der Waals surface area (Å²) >= 11 is 0. The van der Waals surface area contributed by atoms with E-state index in [9.17, 15) is 0 Å². The number of rotatable bonds is 3. The van der Waals surface area contributed by atoms with E-state index in [1.807, 2.05) is 24.4 Å². The van der Waals surface area contributed by atoms with Crippen molar-refractivity contribution in [1.82, 2.24) is 10.4 Å². The Labute approximate surface area is 106 Å². The SMILES string of the molecule is CCCCC1=Nc2cnc3ccccc3c2NN1. The number of hydrazine groups is 1. The minimum Gasteiger partial charge on any atom is -0.297 e. The Balaban J connectivity index is 2.02. The molecule has 0 saturated carbocycles. The number of nitrogens with one attached hydrogen (secondary N) is 2. The number of unbranched alkanes of at least 4 members (excludes halogenated alkanes) is 1. The fourth-order valence-electron chi connectivity index (χ4n) is 2.12. The number of pyridine rings is 1. The Morgan fingerprint density at radius 3 is 2.94 bits per heavy atom. The summed E-state index contributed by atoms with van der Waals surface area (Å²) in [7, 11) is 0. The Morgan fingerprint density at radius 1 is 1.17 bits per heavy atom. The van der Waals surface area contributed by atoms with Crippen molar-refractivity contribution in [3.63, 3.8) is 0 Å². The molecule has 18 heavy (non-hydrogen) atoms. The molecule has 1 aromatic carbocycles. The number of aliphatic imine (C=N–C) groups is 1. The number of fused-ring (bicyclic) bond motifs is 3. The molecule has 0 spiro atoms. The van der Waals surface area contributed by atoms with Crippen LogP contribution >= 0.6 is 0 Å². The molecule has 2 N–H and O–H groups in total. The fourth-order valence-corrected chi connectivity index (χ4v) is 2.12. The molecule has 1 aromatic heterocycles. The quantitative estimate of drug-likeness (QED) is 0.864. The smallest absolute Gasteiger partial charge is 0.121 e. The topological polar surface area (TPSA) is 49.3 Å². The standard InChI is InChI=1S/C14H16N4/c1-2-3-8-13-16-12-9-15-11-7-5-4-6-10(11)14(12)18-17-13/h4-7,9,18H,2-3,8H2,1H3,(H,16,17).